The molecule has 1 saturated heterocycles. The first-order chi connectivity index (χ1) is 9.20. The molecule has 0 unspecified atom stereocenters. The van der Waals surface area contributed by atoms with E-state index in [1.165, 1.54) is 0 Å². The van der Waals surface area contributed by atoms with Crippen molar-refractivity contribution >= 4 is 9.76 Å². The quantitative estimate of drug-likeness (QED) is 0.805. The van der Waals surface area contributed by atoms with Gasteiger partial charge >= 0.3 is 0 Å². The molecule has 0 radical (unpaired) electrons. The summed E-state index contributed by atoms with van der Waals surface area (Å²) in [5.74, 6) is -0.238. The van der Waals surface area contributed by atoms with Crippen LogP contribution in [0.1, 0.15) is 47.5 Å². The summed E-state index contributed by atoms with van der Waals surface area (Å²) in [4.78, 5) is 0. The summed E-state index contributed by atoms with van der Waals surface area (Å²) in [7, 11) is -0.615. The normalized spacial score (nSPS) is 30.9. The van der Waals surface area contributed by atoms with Crippen LogP contribution in [-0.2, 0) is 13.9 Å². The molecule has 1 aliphatic heterocycles. The molecule has 5 heteroatoms. The predicted octanol–water partition coefficient (Wildman–Crippen LogP) is 1.85. The van der Waals surface area contributed by atoms with Gasteiger partial charge in [0.1, 0.15) is 0 Å². The molecule has 4 nitrogen and oxygen atoms in total. The summed E-state index contributed by atoms with van der Waals surface area (Å²) in [6.45, 7) is 12.4. The van der Waals surface area contributed by atoms with Gasteiger partial charge in [0.25, 0.3) is 0 Å². The predicted molar refractivity (Wildman–Crippen MR) is 81.4 cm³/mol. The smallest absolute Gasteiger partial charge is 0.173 e. The van der Waals surface area contributed by atoms with E-state index in [1.54, 1.807) is 0 Å². The highest BCUT2D eigenvalue weighted by Crippen LogP contribution is 2.50. The lowest BCUT2D eigenvalue weighted by Crippen LogP contribution is -2.46. The van der Waals surface area contributed by atoms with Gasteiger partial charge in [-0.15, -0.1) is 0 Å². The van der Waals surface area contributed by atoms with Crippen LogP contribution in [0.3, 0.4) is 0 Å². The molecule has 1 N–H and O–H groups in total. The van der Waals surface area contributed by atoms with Crippen LogP contribution in [0, 0.1) is 11.8 Å². The second-order valence-electron chi connectivity index (χ2n) is 7.90. The molecule has 2 rings (SSSR count). The number of rotatable bonds is 4. The molecule has 0 aromatic heterocycles. The van der Waals surface area contributed by atoms with Gasteiger partial charge < -0.3 is 19.0 Å². The van der Waals surface area contributed by atoms with Gasteiger partial charge in [-0.2, -0.15) is 0 Å². The Morgan fingerprint density at radius 2 is 1.80 bits per heavy atom. The van der Waals surface area contributed by atoms with E-state index < -0.39 is 15.6 Å². The molecule has 20 heavy (non-hydrogen) atoms. The average Bonchev–Trinajstić information content (AvgIpc) is 2.95. The van der Waals surface area contributed by atoms with Crippen LogP contribution in [-0.4, -0.2) is 46.1 Å². The summed E-state index contributed by atoms with van der Waals surface area (Å²) in [5, 5.41) is 10.1. The van der Waals surface area contributed by atoms with E-state index in [4.69, 9.17) is 13.9 Å². The maximum Gasteiger partial charge on any atom is 0.173 e. The molecule has 2 aliphatic rings. The first-order valence-electron chi connectivity index (χ1n) is 7.73. The highest BCUT2D eigenvalue weighted by Gasteiger charge is 2.56. The van der Waals surface area contributed by atoms with Gasteiger partial charge in [-0.05, 0) is 31.2 Å². The Morgan fingerprint density at radius 3 is 2.30 bits per heavy atom. The fourth-order valence-electron chi connectivity index (χ4n) is 3.49. The van der Waals surface area contributed by atoms with E-state index >= 15 is 0 Å². The summed E-state index contributed by atoms with van der Waals surface area (Å²) in [5.41, 5.74) is -0.217. The third kappa shape index (κ3) is 3.27. The topological polar surface area (TPSA) is 47.9 Å². The third-order valence-corrected chi connectivity index (χ3v) is 6.35. The van der Waals surface area contributed by atoms with Gasteiger partial charge in [0.15, 0.2) is 15.6 Å². The van der Waals surface area contributed by atoms with Crippen molar-refractivity contribution in [1.82, 2.24) is 0 Å². The van der Waals surface area contributed by atoms with Crippen LogP contribution in [0.4, 0.5) is 0 Å². The van der Waals surface area contributed by atoms with Crippen molar-refractivity contribution in [2.45, 2.75) is 63.9 Å². The van der Waals surface area contributed by atoms with Crippen molar-refractivity contribution in [2.75, 3.05) is 19.8 Å². The fourth-order valence-corrected chi connectivity index (χ4v) is 4.51. The van der Waals surface area contributed by atoms with E-state index in [2.05, 4.69) is 34.6 Å². The average molecular weight is 302 g/mol. The van der Waals surface area contributed by atoms with Crippen LogP contribution in [0.5, 0.6) is 0 Å². The van der Waals surface area contributed by atoms with Crippen molar-refractivity contribution in [1.29, 1.82) is 0 Å². The lowest BCUT2D eigenvalue weighted by molar-refractivity contribution is -0.201. The SMILES string of the molecule is CC(C)(C)[SiH2]OC(C)(C)[C@@H]1CCC2(OCCO2)[C@H]1CO. The lowest BCUT2D eigenvalue weighted by Gasteiger charge is -2.40. The molecule has 0 aromatic rings. The molecule has 1 aliphatic carbocycles. The molecule has 1 spiro atoms. The van der Waals surface area contributed by atoms with E-state index in [-0.39, 0.29) is 23.2 Å². The van der Waals surface area contributed by atoms with E-state index in [0.717, 1.165) is 12.8 Å². The van der Waals surface area contributed by atoms with Gasteiger partial charge in [-0.25, -0.2) is 0 Å². The maximum absolute atomic E-state index is 9.85. The Morgan fingerprint density at radius 1 is 1.20 bits per heavy atom. The molecule has 0 bridgehead atoms. The van der Waals surface area contributed by atoms with E-state index in [0.29, 0.717) is 19.1 Å². The molecule has 2 fully saturated rings. The first-order valence-corrected chi connectivity index (χ1v) is 9.01. The van der Waals surface area contributed by atoms with Gasteiger partial charge in [-0.3, -0.25) is 0 Å². The Labute approximate surface area is 125 Å². The van der Waals surface area contributed by atoms with Crippen molar-refractivity contribution < 1.29 is 19.0 Å². The van der Waals surface area contributed by atoms with Crippen LogP contribution >= 0.6 is 0 Å². The van der Waals surface area contributed by atoms with Crippen LogP contribution in [0.15, 0.2) is 0 Å². The van der Waals surface area contributed by atoms with Crippen molar-refractivity contribution in [3.05, 3.63) is 0 Å². The minimum Gasteiger partial charge on any atom is -0.418 e. The van der Waals surface area contributed by atoms with Gasteiger partial charge in [-0.1, -0.05) is 20.8 Å². The zero-order valence-corrected chi connectivity index (χ0v) is 15.0. The van der Waals surface area contributed by atoms with E-state index in [1.807, 2.05) is 0 Å². The second kappa shape index (κ2) is 5.69. The van der Waals surface area contributed by atoms with Crippen molar-refractivity contribution in [3.63, 3.8) is 0 Å². The molecular formula is C15H30O4Si. The van der Waals surface area contributed by atoms with Gasteiger partial charge in [0.05, 0.1) is 25.4 Å². The summed E-state index contributed by atoms with van der Waals surface area (Å²) >= 11 is 0. The van der Waals surface area contributed by atoms with Crippen molar-refractivity contribution in [3.8, 4) is 0 Å². The number of aliphatic hydroxyl groups is 1. The highest BCUT2D eigenvalue weighted by atomic mass is 28.2. The zero-order chi connectivity index (χ0) is 15.0. The molecular weight excluding hydrogens is 272 g/mol. The Balaban J connectivity index is 2.07. The standard InChI is InChI=1S/C15H30O4Si/c1-13(2,3)20-19-14(4,5)11-6-7-15(12(11)10-16)17-8-9-18-15/h11-12,16H,6-10,20H2,1-5H3/t11-,12+/m1/s1. The van der Waals surface area contributed by atoms with E-state index in [9.17, 15) is 5.11 Å². The monoisotopic (exact) mass is 302 g/mol. The molecule has 0 aromatic carbocycles. The largest absolute Gasteiger partial charge is 0.418 e. The molecule has 0 amide bonds. The Hall–Kier alpha value is 0.0569. The molecule has 118 valence electrons. The fraction of sp³-hybridized carbons (Fsp3) is 1.00. The van der Waals surface area contributed by atoms with Gasteiger partial charge in [0.2, 0.25) is 0 Å². The number of ether oxygens (including phenoxy) is 2. The zero-order valence-electron chi connectivity index (χ0n) is 13.6. The molecule has 1 heterocycles. The Kier molecular flexibility index (Phi) is 4.67. The minimum absolute atomic E-state index is 0.0222. The number of hydrogen-bond acceptors (Lipinski definition) is 4. The second-order valence-corrected chi connectivity index (χ2v) is 10.6. The molecule has 2 atom stereocenters. The van der Waals surface area contributed by atoms with Crippen LogP contribution < -0.4 is 0 Å². The number of hydrogen-bond donors (Lipinski definition) is 1. The summed E-state index contributed by atoms with van der Waals surface area (Å²) in [6, 6.07) is 0. The number of aliphatic hydroxyl groups excluding tert-OH is 1. The minimum atomic E-state index is -0.615. The van der Waals surface area contributed by atoms with Crippen LogP contribution in [0.25, 0.3) is 0 Å². The lowest BCUT2D eigenvalue weighted by atomic mass is 9.81. The van der Waals surface area contributed by atoms with Crippen LogP contribution in [0.2, 0.25) is 5.04 Å². The Bertz CT molecular complexity index is 331. The maximum atomic E-state index is 9.85. The summed E-state index contributed by atoms with van der Waals surface area (Å²) in [6.07, 6.45) is 1.86. The summed E-state index contributed by atoms with van der Waals surface area (Å²) < 4.78 is 18.0. The van der Waals surface area contributed by atoms with Gasteiger partial charge in [0, 0.05) is 12.3 Å². The highest BCUT2D eigenvalue weighted by molar-refractivity contribution is 6.31. The first kappa shape index (κ1) is 16.4. The molecule has 1 saturated carbocycles. The van der Waals surface area contributed by atoms with Crippen molar-refractivity contribution in [2.24, 2.45) is 11.8 Å². The third-order valence-electron chi connectivity index (χ3n) is 4.60.